The number of hydrogen-bond donors (Lipinski definition) is 2. The molecule has 2 aromatic rings. The first-order valence-electron chi connectivity index (χ1n) is 10.1. The molecule has 0 spiro atoms. The molecule has 2 aliphatic rings. The molecule has 29 heavy (non-hydrogen) atoms. The number of carbonyl (C=O) groups excluding carboxylic acids is 1. The van der Waals surface area contributed by atoms with E-state index in [2.05, 4.69) is 10.2 Å². The zero-order chi connectivity index (χ0) is 20.5. The maximum Gasteiger partial charge on any atom is 0.267 e. The third kappa shape index (κ3) is 3.74. The summed E-state index contributed by atoms with van der Waals surface area (Å²) in [5, 5.41) is 13.6. The number of nitrogens with zero attached hydrogens (tertiary/aromatic N) is 2. The highest BCUT2D eigenvalue weighted by Gasteiger charge is 2.28. The minimum absolute atomic E-state index is 0.128. The Morgan fingerprint density at radius 3 is 2.86 bits per heavy atom. The van der Waals surface area contributed by atoms with Gasteiger partial charge in [0.25, 0.3) is 11.5 Å². The Balaban J connectivity index is 1.58. The summed E-state index contributed by atoms with van der Waals surface area (Å²) in [7, 11) is 0. The fourth-order valence-electron chi connectivity index (χ4n) is 4.31. The number of carbonyl (C=O) groups is 1. The SMILES string of the molecule is CC1CCc2cc(F)cc3c(O)c(C(=O)NCCCN4CCOCC4)c(=O)n1c23. The molecule has 1 atom stereocenters. The second-order valence-electron chi connectivity index (χ2n) is 7.81. The molecular formula is C21H26FN3O4. The van der Waals surface area contributed by atoms with Crippen LogP contribution in [0.5, 0.6) is 5.75 Å². The van der Waals surface area contributed by atoms with Gasteiger partial charge >= 0.3 is 0 Å². The van der Waals surface area contributed by atoms with Gasteiger partial charge in [-0.3, -0.25) is 14.5 Å². The smallest absolute Gasteiger partial charge is 0.267 e. The van der Waals surface area contributed by atoms with Gasteiger partial charge in [0.05, 0.1) is 18.7 Å². The molecule has 0 aliphatic carbocycles. The minimum atomic E-state index is -0.622. The van der Waals surface area contributed by atoms with Gasteiger partial charge in [-0.15, -0.1) is 0 Å². The highest BCUT2D eigenvalue weighted by Crippen LogP contribution is 2.35. The number of hydrogen-bond acceptors (Lipinski definition) is 5. The number of pyridine rings is 1. The molecule has 7 nitrogen and oxygen atoms in total. The van der Waals surface area contributed by atoms with Crippen LogP contribution in [0.1, 0.15) is 41.7 Å². The molecule has 1 aromatic heterocycles. The van der Waals surface area contributed by atoms with E-state index < -0.39 is 23.0 Å². The number of ether oxygens (including phenoxy) is 1. The summed E-state index contributed by atoms with van der Waals surface area (Å²) < 4.78 is 20.9. The molecule has 1 aromatic carbocycles. The molecule has 1 saturated heterocycles. The van der Waals surface area contributed by atoms with Gasteiger partial charge in [-0.2, -0.15) is 0 Å². The number of benzene rings is 1. The van der Waals surface area contributed by atoms with E-state index in [9.17, 15) is 19.1 Å². The Hall–Kier alpha value is -2.45. The topological polar surface area (TPSA) is 83.8 Å². The van der Waals surface area contributed by atoms with Gasteiger partial charge in [0.1, 0.15) is 17.1 Å². The number of rotatable bonds is 5. The summed E-state index contributed by atoms with van der Waals surface area (Å²) in [5.74, 6) is -1.55. The molecule has 3 heterocycles. The first-order chi connectivity index (χ1) is 14.0. The molecule has 0 saturated carbocycles. The number of aromatic hydroxyl groups is 1. The van der Waals surface area contributed by atoms with Gasteiger partial charge in [-0.25, -0.2) is 4.39 Å². The summed E-state index contributed by atoms with van der Waals surface area (Å²) in [6.07, 6.45) is 2.03. The minimum Gasteiger partial charge on any atom is -0.506 e. The first kappa shape index (κ1) is 19.8. The van der Waals surface area contributed by atoms with Gasteiger partial charge in [-0.1, -0.05) is 0 Å². The number of morpholine rings is 1. The Kier molecular flexibility index (Phi) is 5.56. The third-order valence-corrected chi connectivity index (χ3v) is 5.86. The molecule has 1 fully saturated rings. The lowest BCUT2D eigenvalue weighted by molar-refractivity contribution is 0.0374. The number of aryl methyl sites for hydroxylation is 1. The standard InChI is InChI=1S/C21H26FN3O4/c1-13-3-4-14-11-15(22)12-16-18(14)25(13)21(28)17(19(16)26)20(27)23-5-2-6-24-7-9-29-10-8-24/h11-13,26H,2-10H2,1H3,(H,23,27). The number of aromatic nitrogens is 1. The summed E-state index contributed by atoms with van der Waals surface area (Å²) in [6.45, 7) is 6.28. The Morgan fingerprint density at radius 2 is 2.10 bits per heavy atom. The summed E-state index contributed by atoms with van der Waals surface area (Å²) in [5.41, 5.74) is 0.370. The van der Waals surface area contributed by atoms with E-state index >= 15 is 0 Å². The molecule has 2 N–H and O–H groups in total. The van der Waals surface area contributed by atoms with Gasteiger partial charge < -0.3 is 19.7 Å². The fraction of sp³-hybridized carbons (Fsp3) is 0.524. The van der Waals surface area contributed by atoms with Gasteiger partial charge in [0, 0.05) is 31.1 Å². The molecular weight excluding hydrogens is 377 g/mol. The maximum absolute atomic E-state index is 14.1. The highest BCUT2D eigenvalue weighted by molar-refractivity contribution is 6.03. The second-order valence-corrected chi connectivity index (χ2v) is 7.81. The second kappa shape index (κ2) is 8.12. The van der Waals surface area contributed by atoms with Crippen molar-refractivity contribution in [1.29, 1.82) is 0 Å². The van der Waals surface area contributed by atoms with Crippen molar-refractivity contribution in [3.63, 3.8) is 0 Å². The molecule has 0 radical (unpaired) electrons. The van der Waals surface area contributed by atoms with E-state index in [4.69, 9.17) is 4.74 Å². The Bertz CT molecular complexity index is 998. The van der Waals surface area contributed by atoms with Crippen LogP contribution >= 0.6 is 0 Å². The monoisotopic (exact) mass is 403 g/mol. The maximum atomic E-state index is 14.1. The van der Waals surface area contributed by atoms with E-state index in [0.29, 0.717) is 43.7 Å². The van der Waals surface area contributed by atoms with Crippen LogP contribution in [0.15, 0.2) is 16.9 Å². The zero-order valence-corrected chi connectivity index (χ0v) is 16.5. The van der Waals surface area contributed by atoms with Crippen LogP contribution in [-0.2, 0) is 11.2 Å². The third-order valence-electron chi connectivity index (χ3n) is 5.86. The van der Waals surface area contributed by atoms with Crippen LogP contribution in [-0.4, -0.2) is 59.9 Å². The van der Waals surface area contributed by atoms with E-state index in [1.807, 2.05) is 6.92 Å². The van der Waals surface area contributed by atoms with Crippen molar-refractivity contribution in [2.45, 2.75) is 32.2 Å². The van der Waals surface area contributed by atoms with Gasteiger partial charge in [-0.05, 0) is 50.4 Å². The number of nitrogens with one attached hydrogen (secondary N) is 1. The number of amides is 1. The van der Waals surface area contributed by atoms with Crippen LogP contribution in [0.3, 0.4) is 0 Å². The van der Waals surface area contributed by atoms with Crippen molar-refractivity contribution in [1.82, 2.24) is 14.8 Å². The van der Waals surface area contributed by atoms with Crippen molar-refractivity contribution in [3.05, 3.63) is 39.4 Å². The molecule has 2 aliphatic heterocycles. The quantitative estimate of drug-likeness (QED) is 0.744. The van der Waals surface area contributed by atoms with E-state index in [1.165, 1.54) is 16.7 Å². The van der Waals surface area contributed by atoms with Gasteiger partial charge in [0.2, 0.25) is 0 Å². The summed E-state index contributed by atoms with van der Waals surface area (Å²) >= 11 is 0. The van der Waals surface area contributed by atoms with Crippen molar-refractivity contribution in [3.8, 4) is 5.75 Å². The summed E-state index contributed by atoms with van der Waals surface area (Å²) in [4.78, 5) is 28.1. The van der Waals surface area contributed by atoms with Crippen LogP contribution in [0.25, 0.3) is 10.9 Å². The normalized spacial score (nSPS) is 19.4. The molecule has 156 valence electrons. The van der Waals surface area contributed by atoms with Crippen LogP contribution < -0.4 is 10.9 Å². The van der Waals surface area contributed by atoms with Gasteiger partial charge in [0.15, 0.2) is 0 Å². The Labute approximate surface area is 168 Å². The highest BCUT2D eigenvalue weighted by atomic mass is 19.1. The molecule has 1 amide bonds. The lowest BCUT2D eigenvalue weighted by Crippen LogP contribution is -2.39. The summed E-state index contributed by atoms with van der Waals surface area (Å²) in [6, 6.07) is 2.46. The molecule has 4 rings (SSSR count). The fourth-order valence-corrected chi connectivity index (χ4v) is 4.31. The predicted octanol–water partition coefficient (Wildman–Crippen LogP) is 1.81. The lowest BCUT2D eigenvalue weighted by Gasteiger charge is -2.27. The van der Waals surface area contributed by atoms with E-state index in [0.717, 1.165) is 26.1 Å². The predicted molar refractivity (Wildman–Crippen MR) is 107 cm³/mol. The van der Waals surface area contributed by atoms with Crippen molar-refractivity contribution < 1.29 is 19.0 Å². The Morgan fingerprint density at radius 1 is 1.34 bits per heavy atom. The van der Waals surface area contributed by atoms with Crippen LogP contribution in [0.4, 0.5) is 4.39 Å². The largest absolute Gasteiger partial charge is 0.506 e. The van der Waals surface area contributed by atoms with Crippen molar-refractivity contribution in [2.24, 2.45) is 0 Å². The first-order valence-corrected chi connectivity index (χ1v) is 10.1. The van der Waals surface area contributed by atoms with E-state index in [-0.39, 0.29) is 17.0 Å². The van der Waals surface area contributed by atoms with Crippen LogP contribution in [0, 0.1) is 5.82 Å². The molecule has 0 bridgehead atoms. The van der Waals surface area contributed by atoms with E-state index in [1.54, 1.807) is 0 Å². The van der Waals surface area contributed by atoms with Crippen molar-refractivity contribution >= 4 is 16.8 Å². The zero-order valence-electron chi connectivity index (χ0n) is 16.5. The van der Waals surface area contributed by atoms with Crippen molar-refractivity contribution in [2.75, 3.05) is 39.4 Å². The number of halogens is 1. The molecule has 8 heteroatoms. The average molecular weight is 403 g/mol. The van der Waals surface area contributed by atoms with Crippen LogP contribution in [0.2, 0.25) is 0 Å². The molecule has 1 unspecified atom stereocenters. The lowest BCUT2D eigenvalue weighted by atomic mass is 9.95. The average Bonchev–Trinajstić information content (AvgIpc) is 2.71.